The predicted octanol–water partition coefficient (Wildman–Crippen LogP) is 4.10. The lowest BCUT2D eigenvalue weighted by Crippen LogP contribution is -2.35. The Kier molecular flexibility index (Phi) is 3.73. The third-order valence-corrected chi connectivity index (χ3v) is 7.96. The van der Waals surface area contributed by atoms with E-state index in [1.165, 1.54) is 0 Å². The fraction of sp³-hybridized carbons (Fsp3) is 0.467. The van der Waals surface area contributed by atoms with Gasteiger partial charge in [-0.1, -0.05) is 39.8 Å². The summed E-state index contributed by atoms with van der Waals surface area (Å²) in [6, 6.07) is 5.49. The van der Waals surface area contributed by atoms with Crippen LogP contribution >= 0.6 is 0 Å². The summed E-state index contributed by atoms with van der Waals surface area (Å²) in [5.41, 5.74) is 5.40. The summed E-state index contributed by atoms with van der Waals surface area (Å²) < 4.78 is 0. The number of phenolic OH excluding ortho intramolecular Hbond substituents is 1. The number of hydrogen-bond donors (Lipinski definition) is 1. The van der Waals surface area contributed by atoms with Crippen molar-refractivity contribution in [2.24, 2.45) is 0 Å². The smallest absolute Gasteiger partial charge is 0.138 e. The summed E-state index contributed by atoms with van der Waals surface area (Å²) in [5.74, 6) is 3.52. The van der Waals surface area contributed by atoms with E-state index in [1.54, 1.807) is 12.1 Å². The summed E-state index contributed by atoms with van der Waals surface area (Å²) in [5, 5.41) is 9.80. The van der Waals surface area contributed by atoms with E-state index in [9.17, 15) is 5.11 Å². The molecule has 0 bridgehead atoms. The fourth-order valence-electron chi connectivity index (χ4n) is 1.25. The first-order chi connectivity index (χ1) is 7.62. The number of aryl methyl sites for hydroxylation is 1. The highest BCUT2D eigenvalue weighted by atomic mass is 28.3. The van der Waals surface area contributed by atoms with E-state index in [0.29, 0.717) is 5.75 Å². The summed E-state index contributed by atoms with van der Waals surface area (Å²) in [6.07, 6.45) is 0. The molecule has 1 aromatic carbocycles. The molecule has 1 rings (SSSR count). The van der Waals surface area contributed by atoms with Crippen LogP contribution in [-0.4, -0.2) is 13.2 Å². The first kappa shape index (κ1) is 13.9. The molecule has 0 radical (unpaired) electrons. The molecule has 0 saturated carbocycles. The molecule has 0 spiro atoms. The summed E-state index contributed by atoms with van der Waals surface area (Å²) >= 11 is 0. The lowest BCUT2D eigenvalue weighted by Gasteiger charge is -2.31. The van der Waals surface area contributed by atoms with Gasteiger partial charge in [0.2, 0.25) is 0 Å². The molecule has 0 unspecified atom stereocenters. The van der Waals surface area contributed by atoms with Gasteiger partial charge in [0.25, 0.3) is 0 Å². The molecule has 1 N–H and O–H groups in total. The van der Waals surface area contributed by atoms with Crippen LogP contribution in [0.1, 0.15) is 31.9 Å². The van der Waals surface area contributed by atoms with Gasteiger partial charge in [-0.25, -0.2) is 0 Å². The van der Waals surface area contributed by atoms with Crippen LogP contribution < -0.4 is 0 Å². The van der Waals surface area contributed by atoms with Crippen molar-refractivity contribution in [1.82, 2.24) is 0 Å². The van der Waals surface area contributed by atoms with Gasteiger partial charge in [-0.3, -0.25) is 0 Å². The van der Waals surface area contributed by atoms with E-state index in [1.807, 2.05) is 13.0 Å². The van der Waals surface area contributed by atoms with Crippen molar-refractivity contribution < 1.29 is 5.11 Å². The van der Waals surface area contributed by atoms with Crippen molar-refractivity contribution in [1.29, 1.82) is 0 Å². The van der Waals surface area contributed by atoms with Crippen molar-refractivity contribution in [2.45, 2.75) is 45.8 Å². The van der Waals surface area contributed by atoms with Crippen molar-refractivity contribution in [3.8, 4) is 17.2 Å². The summed E-state index contributed by atoms with van der Waals surface area (Å²) in [4.78, 5) is 0. The van der Waals surface area contributed by atoms with Gasteiger partial charge in [0, 0.05) is 5.56 Å². The van der Waals surface area contributed by atoms with Crippen LogP contribution in [0.4, 0.5) is 0 Å². The number of aromatic hydroxyl groups is 1. The topological polar surface area (TPSA) is 20.2 Å². The first-order valence-electron chi connectivity index (χ1n) is 5.96. The molecule has 0 aliphatic carbocycles. The third kappa shape index (κ3) is 3.64. The van der Waals surface area contributed by atoms with Gasteiger partial charge in [0.15, 0.2) is 0 Å². The van der Waals surface area contributed by atoms with E-state index in [4.69, 9.17) is 0 Å². The highest BCUT2D eigenvalue weighted by Gasteiger charge is 2.33. The molecule has 1 aromatic rings. The molecule has 0 amide bonds. The quantitative estimate of drug-likeness (QED) is 0.540. The lowest BCUT2D eigenvalue weighted by molar-refractivity contribution is 0.474. The van der Waals surface area contributed by atoms with Gasteiger partial charge >= 0.3 is 0 Å². The van der Waals surface area contributed by atoms with Gasteiger partial charge in [-0.05, 0) is 35.7 Å². The highest BCUT2D eigenvalue weighted by molar-refractivity contribution is 6.87. The van der Waals surface area contributed by atoms with Gasteiger partial charge < -0.3 is 5.11 Å². The average molecular weight is 246 g/mol. The minimum Gasteiger partial charge on any atom is -0.508 e. The third-order valence-electron chi connectivity index (χ3n) is 3.46. The van der Waals surface area contributed by atoms with E-state index in [-0.39, 0.29) is 5.04 Å². The number of phenols is 1. The molecule has 92 valence electrons. The molecule has 0 aromatic heterocycles. The number of hydrogen-bond acceptors (Lipinski definition) is 1. The monoisotopic (exact) mass is 246 g/mol. The minimum absolute atomic E-state index is 0.270. The van der Waals surface area contributed by atoms with Gasteiger partial charge in [0.05, 0.1) is 0 Å². The van der Waals surface area contributed by atoms with E-state index in [0.717, 1.165) is 11.1 Å². The van der Waals surface area contributed by atoms with Gasteiger partial charge in [-0.15, -0.1) is 5.54 Å². The molecule has 0 heterocycles. The first-order valence-corrected chi connectivity index (χ1v) is 8.96. The Morgan fingerprint density at radius 3 is 2.18 bits per heavy atom. The maximum Gasteiger partial charge on any atom is 0.138 e. The second-order valence-electron chi connectivity index (χ2n) is 6.18. The van der Waals surface area contributed by atoms with Crippen LogP contribution in [0.2, 0.25) is 18.1 Å². The Balaban J connectivity index is 3.07. The van der Waals surface area contributed by atoms with E-state index >= 15 is 0 Å². The van der Waals surface area contributed by atoms with Gasteiger partial charge in [0.1, 0.15) is 13.8 Å². The van der Waals surface area contributed by atoms with Crippen molar-refractivity contribution in [3.63, 3.8) is 0 Å². The Morgan fingerprint density at radius 2 is 1.71 bits per heavy atom. The van der Waals surface area contributed by atoms with Crippen LogP contribution in [0.5, 0.6) is 5.75 Å². The maximum atomic E-state index is 9.53. The van der Waals surface area contributed by atoms with Crippen LogP contribution in [0.25, 0.3) is 0 Å². The second-order valence-corrected chi connectivity index (χ2v) is 11.2. The standard InChI is InChI=1S/C15H22OSi/c1-12-9-13(11-14(16)10-12)7-8-17(5,6)15(2,3)4/h9-11,16H,1-6H3. The van der Waals surface area contributed by atoms with Crippen molar-refractivity contribution in [3.05, 3.63) is 29.3 Å². The SMILES string of the molecule is Cc1cc(O)cc(C#C[Si](C)(C)C(C)(C)C)c1. The zero-order chi connectivity index (χ0) is 13.3. The number of benzene rings is 1. The Hall–Kier alpha value is -1.20. The second kappa shape index (κ2) is 4.58. The Morgan fingerprint density at radius 1 is 1.12 bits per heavy atom. The molecule has 0 saturated heterocycles. The molecule has 0 fully saturated rings. The minimum atomic E-state index is -1.57. The highest BCUT2D eigenvalue weighted by Crippen LogP contribution is 2.35. The molecule has 17 heavy (non-hydrogen) atoms. The van der Waals surface area contributed by atoms with E-state index < -0.39 is 8.07 Å². The molecule has 0 aliphatic heterocycles. The predicted molar refractivity (Wildman–Crippen MR) is 76.9 cm³/mol. The zero-order valence-corrected chi connectivity index (χ0v) is 12.7. The van der Waals surface area contributed by atoms with Gasteiger partial charge in [-0.2, -0.15) is 0 Å². The van der Waals surface area contributed by atoms with E-state index in [2.05, 4.69) is 45.3 Å². The lowest BCUT2D eigenvalue weighted by atomic mass is 10.1. The Labute approximate surface area is 106 Å². The molecule has 1 nitrogen and oxygen atoms in total. The molecular weight excluding hydrogens is 224 g/mol. The maximum absolute atomic E-state index is 9.53. The molecule has 0 atom stereocenters. The van der Waals surface area contributed by atoms with Crippen LogP contribution in [0.15, 0.2) is 18.2 Å². The van der Waals surface area contributed by atoms with Crippen LogP contribution in [0, 0.1) is 18.4 Å². The summed E-state index contributed by atoms with van der Waals surface area (Å²) in [7, 11) is -1.57. The van der Waals surface area contributed by atoms with Crippen molar-refractivity contribution in [2.75, 3.05) is 0 Å². The zero-order valence-electron chi connectivity index (χ0n) is 11.7. The molecular formula is C15H22OSi. The summed E-state index contributed by atoms with van der Waals surface area (Å²) in [6.45, 7) is 13.3. The normalized spacial score (nSPS) is 11.9. The largest absolute Gasteiger partial charge is 0.508 e. The molecule has 0 aliphatic rings. The van der Waals surface area contributed by atoms with Crippen molar-refractivity contribution >= 4 is 8.07 Å². The Bertz CT molecular complexity index is 450. The average Bonchev–Trinajstić information content (AvgIpc) is 2.11. The van der Waals surface area contributed by atoms with Crippen LogP contribution in [0.3, 0.4) is 0 Å². The van der Waals surface area contributed by atoms with Crippen LogP contribution in [-0.2, 0) is 0 Å². The fourth-order valence-corrected chi connectivity index (χ4v) is 2.08. The number of rotatable bonds is 0. The molecule has 2 heteroatoms.